The zero-order valence-electron chi connectivity index (χ0n) is 18.5. The molecule has 0 aliphatic carbocycles. The lowest BCUT2D eigenvalue weighted by Crippen LogP contribution is -2.30. The lowest BCUT2D eigenvalue weighted by molar-refractivity contribution is -0.116. The van der Waals surface area contributed by atoms with Crippen LogP contribution in [0.4, 0.5) is 5.69 Å². The largest absolute Gasteiger partial charge is 0.333 e. The topological polar surface area (TPSA) is 90.0 Å². The highest BCUT2D eigenvalue weighted by Gasteiger charge is 2.20. The summed E-state index contributed by atoms with van der Waals surface area (Å²) in [5, 5.41) is 6.92. The van der Waals surface area contributed by atoms with E-state index in [2.05, 4.69) is 15.5 Å². The summed E-state index contributed by atoms with van der Waals surface area (Å²) >= 11 is 0. The van der Waals surface area contributed by atoms with Crippen molar-refractivity contribution in [3.8, 4) is 22.8 Å². The van der Waals surface area contributed by atoms with E-state index in [-0.39, 0.29) is 23.9 Å². The zero-order valence-corrected chi connectivity index (χ0v) is 18.5. The molecule has 162 valence electrons. The van der Waals surface area contributed by atoms with Gasteiger partial charge in [-0.3, -0.25) is 9.59 Å². The van der Waals surface area contributed by atoms with Gasteiger partial charge in [-0.25, -0.2) is 0 Å². The predicted octanol–water partition coefficient (Wildman–Crippen LogP) is 4.44. The number of benzene rings is 2. The lowest BCUT2D eigenvalue weighted by atomic mass is 10.1. The van der Waals surface area contributed by atoms with Gasteiger partial charge in [0.1, 0.15) is 12.1 Å². The van der Waals surface area contributed by atoms with E-state index in [4.69, 9.17) is 4.52 Å². The minimum Gasteiger partial charge on any atom is -0.333 e. The fourth-order valence-corrected chi connectivity index (χ4v) is 3.62. The monoisotopic (exact) mass is 428 g/mol. The first kappa shape index (κ1) is 21.2. The number of nitrogens with one attached hydrogen (secondary N) is 1. The van der Waals surface area contributed by atoms with E-state index in [1.54, 1.807) is 6.92 Å². The smallest absolute Gasteiger partial charge is 0.264 e. The summed E-state index contributed by atoms with van der Waals surface area (Å²) in [6, 6.07) is 17.1. The van der Waals surface area contributed by atoms with E-state index >= 15 is 0 Å². The first-order chi connectivity index (χ1) is 15.3. The maximum atomic E-state index is 13.3. The average Bonchev–Trinajstić information content (AvgIpc) is 3.24. The predicted molar refractivity (Wildman–Crippen MR) is 123 cm³/mol. The zero-order chi connectivity index (χ0) is 22.8. The van der Waals surface area contributed by atoms with Gasteiger partial charge in [-0.1, -0.05) is 47.6 Å². The van der Waals surface area contributed by atoms with Crippen molar-refractivity contribution in [3.05, 3.63) is 87.3 Å². The number of amides is 1. The standard InChI is InChI=1S/C25H24N4O3/c1-15-10-11-16(2)20(12-15)26-21(30)14-29-18(4)13-17(3)22(25(29)31)24-27-23(28-32-24)19-8-6-5-7-9-19/h5-13H,14H2,1-4H3,(H,26,30). The number of carbonyl (C=O) groups is 1. The first-order valence-corrected chi connectivity index (χ1v) is 10.3. The van der Waals surface area contributed by atoms with Gasteiger partial charge < -0.3 is 14.4 Å². The van der Waals surface area contributed by atoms with E-state index in [0.29, 0.717) is 22.6 Å². The van der Waals surface area contributed by atoms with Gasteiger partial charge in [-0.2, -0.15) is 4.98 Å². The molecule has 0 spiro atoms. The molecule has 0 saturated carbocycles. The van der Waals surface area contributed by atoms with E-state index in [0.717, 1.165) is 22.4 Å². The van der Waals surface area contributed by atoms with Crippen LogP contribution in [0.3, 0.4) is 0 Å². The Hall–Kier alpha value is -4.00. The van der Waals surface area contributed by atoms with Crippen molar-refractivity contribution in [2.24, 2.45) is 0 Å². The highest BCUT2D eigenvalue weighted by atomic mass is 16.5. The Balaban J connectivity index is 1.66. The molecular formula is C25H24N4O3. The molecule has 0 atom stereocenters. The summed E-state index contributed by atoms with van der Waals surface area (Å²) in [5.74, 6) is 0.253. The van der Waals surface area contributed by atoms with Crippen LogP contribution in [-0.4, -0.2) is 20.6 Å². The van der Waals surface area contributed by atoms with Gasteiger partial charge in [0, 0.05) is 16.9 Å². The third kappa shape index (κ3) is 4.23. The fourth-order valence-electron chi connectivity index (χ4n) is 3.62. The van der Waals surface area contributed by atoms with Crippen molar-refractivity contribution < 1.29 is 9.32 Å². The van der Waals surface area contributed by atoms with E-state index in [1.165, 1.54) is 4.57 Å². The quantitative estimate of drug-likeness (QED) is 0.508. The number of aromatic nitrogens is 3. The SMILES string of the molecule is Cc1ccc(C)c(NC(=O)Cn2c(C)cc(C)c(-c3nc(-c4ccccc4)no3)c2=O)c1. The Kier molecular flexibility index (Phi) is 5.73. The lowest BCUT2D eigenvalue weighted by Gasteiger charge is -2.14. The van der Waals surface area contributed by atoms with Gasteiger partial charge in [-0.05, 0) is 56.5 Å². The Labute approximate surface area is 185 Å². The number of hydrogen-bond donors (Lipinski definition) is 1. The van der Waals surface area contributed by atoms with Crippen LogP contribution in [0.1, 0.15) is 22.4 Å². The molecular weight excluding hydrogens is 404 g/mol. The maximum absolute atomic E-state index is 13.3. The molecule has 0 unspecified atom stereocenters. The minimum absolute atomic E-state index is 0.120. The summed E-state index contributed by atoms with van der Waals surface area (Å²) in [4.78, 5) is 30.5. The molecule has 0 aliphatic heterocycles. The molecule has 1 amide bonds. The van der Waals surface area contributed by atoms with E-state index < -0.39 is 0 Å². The Morgan fingerprint density at radius 3 is 2.50 bits per heavy atom. The molecule has 2 aromatic carbocycles. The average molecular weight is 428 g/mol. The number of rotatable bonds is 5. The van der Waals surface area contributed by atoms with Crippen molar-refractivity contribution in [1.29, 1.82) is 0 Å². The van der Waals surface area contributed by atoms with Crippen LogP contribution in [-0.2, 0) is 11.3 Å². The molecule has 0 aliphatic rings. The molecule has 0 bridgehead atoms. The Morgan fingerprint density at radius 2 is 1.75 bits per heavy atom. The minimum atomic E-state index is -0.345. The first-order valence-electron chi connectivity index (χ1n) is 10.3. The van der Waals surface area contributed by atoms with Crippen molar-refractivity contribution in [1.82, 2.24) is 14.7 Å². The van der Waals surface area contributed by atoms with Gasteiger partial charge >= 0.3 is 0 Å². The van der Waals surface area contributed by atoms with Crippen LogP contribution >= 0.6 is 0 Å². The Morgan fingerprint density at radius 1 is 1.00 bits per heavy atom. The van der Waals surface area contributed by atoms with Crippen LogP contribution < -0.4 is 10.9 Å². The van der Waals surface area contributed by atoms with Gasteiger partial charge in [0.15, 0.2) is 0 Å². The maximum Gasteiger partial charge on any atom is 0.264 e. The van der Waals surface area contributed by atoms with Gasteiger partial charge in [-0.15, -0.1) is 0 Å². The van der Waals surface area contributed by atoms with E-state index in [1.807, 2.05) is 75.4 Å². The van der Waals surface area contributed by atoms with Crippen molar-refractivity contribution in [3.63, 3.8) is 0 Å². The third-order valence-corrected chi connectivity index (χ3v) is 5.35. The molecule has 4 rings (SSSR count). The highest BCUT2D eigenvalue weighted by Crippen LogP contribution is 2.23. The second kappa shape index (κ2) is 8.63. The second-order valence-corrected chi connectivity index (χ2v) is 7.89. The van der Waals surface area contributed by atoms with Crippen molar-refractivity contribution >= 4 is 11.6 Å². The molecule has 2 heterocycles. The van der Waals surface area contributed by atoms with Crippen LogP contribution in [0.15, 0.2) is 63.9 Å². The summed E-state index contributed by atoms with van der Waals surface area (Å²) < 4.78 is 6.84. The third-order valence-electron chi connectivity index (χ3n) is 5.35. The molecule has 2 aromatic heterocycles. The van der Waals surface area contributed by atoms with Crippen LogP contribution in [0, 0.1) is 27.7 Å². The van der Waals surface area contributed by atoms with Crippen LogP contribution in [0.5, 0.6) is 0 Å². The molecule has 0 saturated heterocycles. The normalized spacial score (nSPS) is 10.9. The number of aryl methyl sites for hydroxylation is 4. The summed E-state index contributed by atoms with van der Waals surface area (Å²) in [5.41, 5.74) is 4.86. The second-order valence-electron chi connectivity index (χ2n) is 7.89. The molecule has 0 fully saturated rings. The molecule has 1 N–H and O–H groups in total. The number of hydrogen-bond acceptors (Lipinski definition) is 5. The number of nitrogens with zero attached hydrogens (tertiary/aromatic N) is 3. The molecule has 0 radical (unpaired) electrons. The number of anilines is 1. The number of carbonyl (C=O) groups excluding carboxylic acids is 1. The van der Waals surface area contributed by atoms with E-state index in [9.17, 15) is 9.59 Å². The Bertz CT molecular complexity index is 1350. The van der Waals surface area contributed by atoms with Gasteiger partial charge in [0.05, 0.1) is 0 Å². The van der Waals surface area contributed by atoms with Crippen molar-refractivity contribution in [2.45, 2.75) is 34.2 Å². The summed E-state index contributed by atoms with van der Waals surface area (Å²) in [7, 11) is 0. The highest BCUT2D eigenvalue weighted by molar-refractivity contribution is 5.91. The van der Waals surface area contributed by atoms with Gasteiger partial charge in [0.2, 0.25) is 11.7 Å². The van der Waals surface area contributed by atoms with Crippen molar-refractivity contribution in [2.75, 3.05) is 5.32 Å². The fraction of sp³-hybridized carbons (Fsp3) is 0.200. The molecule has 4 aromatic rings. The van der Waals surface area contributed by atoms with Crippen LogP contribution in [0.25, 0.3) is 22.8 Å². The number of pyridine rings is 1. The molecule has 32 heavy (non-hydrogen) atoms. The molecule has 7 heteroatoms. The van der Waals surface area contributed by atoms with Gasteiger partial charge in [0.25, 0.3) is 11.4 Å². The van der Waals surface area contributed by atoms with Crippen LogP contribution in [0.2, 0.25) is 0 Å². The summed E-state index contributed by atoms with van der Waals surface area (Å²) in [6.07, 6.45) is 0. The molecule has 7 nitrogen and oxygen atoms in total. The summed E-state index contributed by atoms with van der Waals surface area (Å²) in [6.45, 7) is 7.38.